The molecule has 3 aromatic rings. The van der Waals surface area contributed by atoms with Gasteiger partial charge in [-0.05, 0) is 45.9 Å². The normalized spacial score (nSPS) is 13.5. The second-order valence-electron chi connectivity index (χ2n) is 6.68. The first-order valence-electron chi connectivity index (χ1n) is 8.50. The third-order valence-electron chi connectivity index (χ3n) is 3.87. The first-order valence-corrected chi connectivity index (χ1v) is 9.31. The maximum atomic E-state index is 6.43. The summed E-state index contributed by atoms with van der Waals surface area (Å²) in [6.07, 6.45) is 0. The molecule has 4 N–H and O–H groups in total. The lowest BCUT2D eigenvalue weighted by atomic mass is 9.98. The molecular formula is C20H24N4S. The summed E-state index contributed by atoms with van der Waals surface area (Å²) in [6.45, 7) is 8.06. The van der Waals surface area contributed by atoms with Crippen LogP contribution in [0.4, 0.5) is 0 Å². The van der Waals surface area contributed by atoms with Gasteiger partial charge in [0, 0.05) is 43.4 Å². The van der Waals surface area contributed by atoms with Crippen LogP contribution in [0.1, 0.15) is 38.8 Å². The van der Waals surface area contributed by atoms with E-state index in [2.05, 4.69) is 34.3 Å². The largest absolute Gasteiger partial charge is 0.383 e. The highest BCUT2D eigenvalue weighted by Gasteiger charge is 2.18. The highest BCUT2D eigenvalue weighted by molar-refractivity contribution is 7.25. The Bertz CT molecular complexity index is 980. The number of nitrogens with two attached hydrogens (primary N) is 2. The predicted molar refractivity (Wildman–Crippen MR) is 111 cm³/mol. The van der Waals surface area contributed by atoms with E-state index in [9.17, 15) is 0 Å². The minimum Gasteiger partial charge on any atom is -0.383 e. The Labute approximate surface area is 152 Å². The molecule has 0 aliphatic carbocycles. The number of thiophene rings is 1. The van der Waals surface area contributed by atoms with Crippen molar-refractivity contribution in [3.8, 4) is 0 Å². The third-order valence-corrected chi connectivity index (χ3v) is 5.01. The van der Waals surface area contributed by atoms with Crippen LogP contribution in [0.2, 0.25) is 0 Å². The van der Waals surface area contributed by atoms with Gasteiger partial charge in [-0.15, -0.1) is 11.3 Å². The molecule has 0 aliphatic heterocycles. The lowest BCUT2D eigenvalue weighted by Crippen LogP contribution is -2.24. The molecule has 3 rings (SSSR count). The molecule has 0 radical (unpaired) electrons. The average molecular weight is 353 g/mol. The van der Waals surface area contributed by atoms with Crippen molar-refractivity contribution in [3.63, 3.8) is 0 Å². The summed E-state index contributed by atoms with van der Waals surface area (Å²) in [5.41, 5.74) is 14.5. The van der Waals surface area contributed by atoms with Gasteiger partial charge in [0.1, 0.15) is 11.7 Å². The molecule has 0 aliphatic rings. The third kappa shape index (κ3) is 3.37. The number of hydrogen-bond acceptors (Lipinski definition) is 3. The van der Waals surface area contributed by atoms with E-state index in [1.54, 1.807) is 11.3 Å². The van der Waals surface area contributed by atoms with Gasteiger partial charge in [-0.2, -0.15) is 0 Å². The van der Waals surface area contributed by atoms with Gasteiger partial charge in [-0.3, -0.25) is 9.98 Å². The van der Waals surface area contributed by atoms with Crippen LogP contribution in [0, 0.1) is 0 Å². The molecule has 0 saturated heterocycles. The monoisotopic (exact) mass is 352 g/mol. The summed E-state index contributed by atoms with van der Waals surface area (Å²) in [4.78, 5) is 9.12. The van der Waals surface area contributed by atoms with Gasteiger partial charge in [0.15, 0.2) is 0 Å². The van der Waals surface area contributed by atoms with Crippen LogP contribution in [0.15, 0.2) is 46.4 Å². The van der Waals surface area contributed by atoms with Crippen molar-refractivity contribution in [2.75, 3.05) is 0 Å². The van der Waals surface area contributed by atoms with Crippen LogP contribution in [-0.2, 0) is 0 Å². The SMILES string of the molecule is CC(C)N=C(N)c1ccc2sc3ccccc3c2c1C(N)=NC(C)C. The van der Waals surface area contributed by atoms with Gasteiger partial charge >= 0.3 is 0 Å². The summed E-state index contributed by atoms with van der Waals surface area (Å²) in [5.74, 6) is 1.02. The first kappa shape index (κ1) is 17.4. The highest BCUT2D eigenvalue weighted by atomic mass is 32.1. The molecule has 2 aromatic carbocycles. The fourth-order valence-electron chi connectivity index (χ4n) is 2.99. The van der Waals surface area contributed by atoms with Gasteiger partial charge in [-0.25, -0.2) is 0 Å². The lowest BCUT2D eigenvalue weighted by Gasteiger charge is -2.13. The summed E-state index contributed by atoms with van der Waals surface area (Å²) < 4.78 is 2.41. The smallest absolute Gasteiger partial charge is 0.127 e. The van der Waals surface area contributed by atoms with Crippen molar-refractivity contribution in [2.45, 2.75) is 39.8 Å². The predicted octanol–water partition coefficient (Wildman–Crippen LogP) is 4.28. The van der Waals surface area contributed by atoms with Gasteiger partial charge in [0.05, 0.1) is 0 Å². The Balaban J connectivity index is 2.42. The van der Waals surface area contributed by atoms with Crippen molar-refractivity contribution >= 4 is 43.2 Å². The number of hydrogen-bond donors (Lipinski definition) is 2. The van der Waals surface area contributed by atoms with Crippen LogP contribution in [0.5, 0.6) is 0 Å². The molecule has 5 heteroatoms. The molecule has 0 spiro atoms. The Morgan fingerprint density at radius 1 is 0.840 bits per heavy atom. The maximum Gasteiger partial charge on any atom is 0.127 e. The number of amidine groups is 2. The van der Waals surface area contributed by atoms with Crippen LogP contribution in [0.25, 0.3) is 20.2 Å². The first-order chi connectivity index (χ1) is 11.9. The quantitative estimate of drug-likeness (QED) is 0.543. The summed E-state index contributed by atoms with van der Waals surface area (Å²) in [7, 11) is 0. The lowest BCUT2D eigenvalue weighted by molar-refractivity contribution is 0.832. The Morgan fingerprint density at radius 2 is 1.48 bits per heavy atom. The van der Waals surface area contributed by atoms with Gasteiger partial charge < -0.3 is 11.5 Å². The number of nitrogens with zero attached hydrogens (tertiary/aromatic N) is 2. The van der Waals surface area contributed by atoms with E-state index in [0.717, 1.165) is 16.5 Å². The topological polar surface area (TPSA) is 76.8 Å². The van der Waals surface area contributed by atoms with E-state index in [-0.39, 0.29) is 12.1 Å². The molecule has 0 amide bonds. The van der Waals surface area contributed by atoms with Crippen molar-refractivity contribution in [2.24, 2.45) is 21.5 Å². The zero-order valence-corrected chi connectivity index (χ0v) is 15.9. The fraction of sp³-hybridized carbons (Fsp3) is 0.300. The van der Waals surface area contributed by atoms with E-state index < -0.39 is 0 Å². The Kier molecular flexibility index (Phi) is 4.77. The molecule has 0 saturated carbocycles. The number of rotatable bonds is 4. The van der Waals surface area contributed by atoms with Crippen LogP contribution < -0.4 is 11.5 Å². The standard InChI is InChI=1S/C20H24N4S/c1-11(2)23-19(21)14-9-10-16-17(18(14)20(22)24-12(3)4)13-7-5-6-8-15(13)25-16/h5-12H,1-4H3,(H2,21,23)(H2,22,24). The fourth-order valence-corrected chi connectivity index (χ4v) is 4.10. The second-order valence-corrected chi connectivity index (χ2v) is 7.76. The van der Waals surface area contributed by atoms with E-state index in [4.69, 9.17) is 11.5 Å². The molecule has 130 valence electrons. The molecule has 0 unspecified atom stereocenters. The molecule has 25 heavy (non-hydrogen) atoms. The van der Waals surface area contributed by atoms with Gasteiger partial charge in [-0.1, -0.05) is 18.2 Å². The molecule has 1 aromatic heterocycles. The average Bonchev–Trinajstić information content (AvgIpc) is 2.91. The second kappa shape index (κ2) is 6.84. The summed E-state index contributed by atoms with van der Waals surface area (Å²) in [6, 6.07) is 12.7. The highest BCUT2D eigenvalue weighted by Crippen LogP contribution is 2.37. The van der Waals surface area contributed by atoms with Crippen LogP contribution in [-0.4, -0.2) is 23.8 Å². The van der Waals surface area contributed by atoms with E-state index in [0.29, 0.717) is 11.7 Å². The molecule has 1 heterocycles. The minimum absolute atomic E-state index is 0.108. The maximum absolute atomic E-state index is 6.43. The molecular weight excluding hydrogens is 328 g/mol. The van der Waals surface area contributed by atoms with Gasteiger partial charge in [0.25, 0.3) is 0 Å². The van der Waals surface area contributed by atoms with Crippen molar-refractivity contribution in [1.82, 2.24) is 0 Å². The molecule has 4 nitrogen and oxygen atoms in total. The van der Waals surface area contributed by atoms with Gasteiger partial charge in [0.2, 0.25) is 0 Å². The zero-order valence-electron chi connectivity index (χ0n) is 15.1. The van der Waals surface area contributed by atoms with Crippen LogP contribution >= 0.6 is 11.3 Å². The summed E-state index contributed by atoms with van der Waals surface area (Å²) >= 11 is 1.76. The molecule has 0 fully saturated rings. The Morgan fingerprint density at radius 3 is 2.16 bits per heavy atom. The van der Waals surface area contributed by atoms with Crippen LogP contribution in [0.3, 0.4) is 0 Å². The molecule has 0 atom stereocenters. The number of aliphatic imine (C=N–C) groups is 2. The van der Waals surface area contributed by atoms with E-state index in [1.807, 2.05) is 39.8 Å². The van der Waals surface area contributed by atoms with Crippen molar-refractivity contribution < 1.29 is 0 Å². The number of benzene rings is 2. The minimum atomic E-state index is 0.108. The summed E-state index contributed by atoms with van der Waals surface area (Å²) in [5, 5.41) is 2.29. The van der Waals surface area contributed by atoms with E-state index in [1.165, 1.54) is 14.8 Å². The molecule has 0 bridgehead atoms. The van der Waals surface area contributed by atoms with Crippen molar-refractivity contribution in [3.05, 3.63) is 47.5 Å². The van der Waals surface area contributed by atoms with Crippen molar-refractivity contribution in [1.29, 1.82) is 0 Å². The number of fused-ring (bicyclic) bond motifs is 3. The zero-order chi connectivity index (χ0) is 18.1. The van der Waals surface area contributed by atoms with E-state index >= 15 is 0 Å². The Hall–Kier alpha value is -2.40.